The Bertz CT molecular complexity index is 1140. The minimum absolute atomic E-state index is 0.00877. The number of fused-ring (bicyclic) bond motifs is 1. The lowest BCUT2D eigenvalue weighted by molar-refractivity contribution is -0.155. The highest BCUT2D eigenvalue weighted by molar-refractivity contribution is 8.00. The van der Waals surface area contributed by atoms with Crippen molar-refractivity contribution in [1.29, 1.82) is 0 Å². The predicted molar refractivity (Wildman–Crippen MR) is 121 cm³/mol. The van der Waals surface area contributed by atoms with Gasteiger partial charge < -0.3 is 25.9 Å². The molecule has 172 valence electrons. The van der Waals surface area contributed by atoms with Crippen molar-refractivity contribution in [3.8, 4) is 0 Å². The van der Waals surface area contributed by atoms with Crippen LogP contribution in [-0.4, -0.2) is 78.7 Å². The Morgan fingerprint density at radius 3 is 2.94 bits per heavy atom. The number of carboxylic acid groups (broad SMARTS) is 1. The van der Waals surface area contributed by atoms with Gasteiger partial charge in [0, 0.05) is 36.2 Å². The molecule has 2 aromatic heterocycles. The molecule has 2 saturated heterocycles. The highest BCUT2D eigenvalue weighted by Gasteiger charge is 2.57. The zero-order chi connectivity index (χ0) is 23.6. The topological polar surface area (TPSA) is 173 Å². The number of nitrogens with two attached hydrogens (primary N) is 1. The van der Waals surface area contributed by atoms with Gasteiger partial charge >= 0.3 is 5.97 Å². The van der Waals surface area contributed by atoms with E-state index in [1.54, 1.807) is 30.6 Å². The van der Waals surface area contributed by atoms with Crippen LogP contribution in [-0.2, 0) is 19.2 Å². The molecule has 2 amide bonds. The first-order valence-corrected chi connectivity index (χ1v) is 11.4. The number of β-lactam (4-membered cyclic amide) rings is 1. The van der Waals surface area contributed by atoms with Crippen LogP contribution in [0.5, 0.6) is 0 Å². The fourth-order valence-corrected chi connectivity index (χ4v) is 5.39. The Labute approximate surface area is 196 Å². The van der Waals surface area contributed by atoms with Crippen LogP contribution in [0.1, 0.15) is 11.4 Å². The lowest BCUT2D eigenvalue weighted by Gasteiger charge is -2.53. The number of aromatic nitrogens is 3. The van der Waals surface area contributed by atoms with E-state index in [4.69, 9.17) is 10.6 Å². The van der Waals surface area contributed by atoms with Gasteiger partial charge in [-0.05, 0) is 11.6 Å². The number of amides is 2. The smallest absolute Gasteiger partial charge is 0.316 e. The number of oxime groups is 1. The van der Waals surface area contributed by atoms with Crippen molar-refractivity contribution < 1.29 is 24.3 Å². The van der Waals surface area contributed by atoms with Gasteiger partial charge in [-0.2, -0.15) is 9.36 Å². The van der Waals surface area contributed by atoms with Gasteiger partial charge in [0.2, 0.25) is 17.4 Å². The van der Waals surface area contributed by atoms with E-state index in [0.717, 1.165) is 17.1 Å². The minimum Gasteiger partial charge on any atom is -0.481 e. The van der Waals surface area contributed by atoms with Crippen molar-refractivity contribution in [1.82, 2.24) is 24.6 Å². The van der Waals surface area contributed by atoms with Gasteiger partial charge in [-0.1, -0.05) is 23.4 Å². The van der Waals surface area contributed by atoms with Gasteiger partial charge in [0.1, 0.15) is 23.9 Å². The number of carbonyl (C=O) groups is 3. The lowest BCUT2D eigenvalue weighted by Crippen LogP contribution is -2.73. The quantitative estimate of drug-likeness (QED) is 0.274. The van der Waals surface area contributed by atoms with E-state index in [1.165, 1.54) is 23.8 Å². The van der Waals surface area contributed by atoms with E-state index < -0.39 is 28.7 Å². The van der Waals surface area contributed by atoms with Gasteiger partial charge in [-0.25, -0.2) is 0 Å². The second-order valence-corrected chi connectivity index (χ2v) is 9.17. The number of hydrogen-bond acceptors (Lipinski definition) is 11. The summed E-state index contributed by atoms with van der Waals surface area (Å²) in [5.74, 6) is -1.90. The molecule has 0 saturated carbocycles. The summed E-state index contributed by atoms with van der Waals surface area (Å²) in [7, 11) is 1.26. The van der Waals surface area contributed by atoms with Gasteiger partial charge in [-0.15, -0.1) is 11.8 Å². The third-order valence-electron chi connectivity index (χ3n) is 5.15. The Morgan fingerprint density at radius 1 is 1.48 bits per heavy atom. The molecule has 0 aliphatic carbocycles. The van der Waals surface area contributed by atoms with Gasteiger partial charge in [-0.3, -0.25) is 19.4 Å². The molecule has 2 aromatic rings. The van der Waals surface area contributed by atoms with Crippen LogP contribution in [0.3, 0.4) is 0 Å². The lowest BCUT2D eigenvalue weighted by atomic mass is 9.86. The molecular weight excluding hydrogens is 470 g/mol. The first-order valence-electron chi connectivity index (χ1n) is 9.61. The fourth-order valence-electron chi connectivity index (χ4n) is 3.44. The predicted octanol–water partition coefficient (Wildman–Crippen LogP) is 0.0501. The normalized spacial score (nSPS) is 24.8. The van der Waals surface area contributed by atoms with Crippen molar-refractivity contribution in [2.75, 3.05) is 25.1 Å². The van der Waals surface area contributed by atoms with Gasteiger partial charge in [0.15, 0.2) is 5.13 Å². The average molecular weight is 490 g/mol. The summed E-state index contributed by atoms with van der Waals surface area (Å²) in [6.45, 7) is -0.00877. The molecule has 12 nitrogen and oxygen atoms in total. The molecule has 0 bridgehead atoms. The molecule has 4 rings (SSSR count). The number of nitrogens with zero attached hydrogens (tertiary/aromatic N) is 5. The maximum Gasteiger partial charge on any atom is 0.316 e. The average Bonchev–Trinajstić information content (AvgIpc) is 3.25. The maximum atomic E-state index is 12.8. The van der Waals surface area contributed by atoms with Gasteiger partial charge in [0.05, 0.1) is 0 Å². The van der Waals surface area contributed by atoms with E-state index in [9.17, 15) is 19.5 Å². The van der Waals surface area contributed by atoms with Crippen molar-refractivity contribution in [3.63, 3.8) is 0 Å². The number of aliphatic carboxylic acids is 1. The molecule has 3 atom stereocenters. The van der Waals surface area contributed by atoms with Crippen molar-refractivity contribution in [2.45, 2.75) is 11.4 Å². The Morgan fingerprint density at radius 2 is 2.30 bits per heavy atom. The second kappa shape index (κ2) is 9.15. The third-order valence-corrected chi connectivity index (χ3v) is 7.24. The fraction of sp³-hybridized carbons (Fsp3) is 0.316. The zero-order valence-electron chi connectivity index (χ0n) is 17.2. The van der Waals surface area contributed by atoms with E-state index in [0.29, 0.717) is 0 Å². The highest BCUT2D eigenvalue weighted by atomic mass is 32.2. The Hall–Kier alpha value is -3.52. The SMILES string of the molecule is CON=C(C(=O)NC1C(=O)N2CC(C=Cc3cccnc3)(C(=O)O)CS[C@H]12)c1nsc(N)n1. The van der Waals surface area contributed by atoms with Gasteiger partial charge in [0.25, 0.3) is 5.91 Å². The molecule has 33 heavy (non-hydrogen) atoms. The number of anilines is 1. The first kappa shape index (κ1) is 22.7. The molecule has 2 fully saturated rings. The molecular formula is C19H19N7O5S2. The number of thioether (sulfide) groups is 1. The van der Waals surface area contributed by atoms with Crippen LogP contribution in [0.15, 0.2) is 35.8 Å². The molecule has 2 aliphatic heterocycles. The number of hydrogen-bond donors (Lipinski definition) is 3. The molecule has 2 aliphatic rings. The van der Waals surface area contributed by atoms with Crippen LogP contribution < -0.4 is 11.1 Å². The number of carbonyl (C=O) groups excluding carboxylic acids is 2. The Balaban J connectivity index is 1.46. The summed E-state index contributed by atoms with van der Waals surface area (Å²) < 4.78 is 3.95. The number of nitrogen functional groups attached to an aromatic ring is 1. The van der Waals surface area contributed by atoms with Crippen molar-refractivity contribution in [2.24, 2.45) is 10.6 Å². The van der Waals surface area contributed by atoms with Crippen molar-refractivity contribution in [3.05, 3.63) is 42.0 Å². The highest BCUT2D eigenvalue weighted by Crippen LogP contribution is 2.43. The summed E-state index contributed by atoms with van der Waals surface area (Å²) in [6, 6.07) is 2.72. The summed E-state index contributed by atoms with van der Waals surface area (Å²) in [5.41, 5.74) is 4.86. The maximum absolute atomic E-state index is 12.8. The van der Waals surface area contributed by atoms with Crippen molar-refractivity contribution >= 4 is 58.0 Å². The molecule has 0 radical (unpaired) electrons. The van der Waals surface area contributed by atoms with E-state index in [2.05, 4.69) is 24.8 Å². The minimum atomic E-state index is -1.26. The molecule has 2 unspecified atom stereocenters. The molecule has 4 N–H and O–H groups in total. The molecule has 14 heteroatoms. The standard InChI is InChI=1S/C19H19N7O5S2/c1-31-24-11(13-23-18(20)33-25-13)14(27)22-12-15(28)26-8-19(17(29)30,9-32-16(12)26)5-4-10-3-2-6-21-7-10/h2-7,12,16H,8-9H2,1H3,(H,22,27)(H,29,30)(H2,20,23,25)/t12?,16-,19?/m1/s1. The number of nitrogens with one attached hydrogen (secondary N) is 1. The zero-order valence-corrected chi connectivity index (χ0v) is 18.9. The number of pyridine rings is 1. The van der Waals surface area contributed by atoms with Crippen LogP contribution in [0.25, 0.3) is 6.08 Å². The molecule has 4 heterocycles. The monoisotopic (exact) mass is 489 g/mol. The Kier molecular flexibility index (Phi) is 6.29. The van der Waals surface area contributed by atoms with Crippen LogP contribution in [0.2, 0.25) is 0 Å². The number of carboxylic acids is 1. The van der Waals surface area contributed by atoms with E-state index in [-0.39, 0.29) is 34.9 Å². The van der Waals surface area contributed by atoms with E-state index in [1.807, 2.05) is 6.07 Å². The summed E-state index contributed by atoms with van der Waals surface area (Å²) in [6.07, 6.45) is 6.53. The second-order valence-electron chi connectivity index (χ2n) is 7.28. The molecule has 0 aromatic carbocycles. The largest absolute Gasteiger partial charge is 0.481 e. The summed E-state index contributed by atoms with van der Waals surface area (Å²) >= 11 is 2.18. The molecule has 0 spiro atoms. The van der Waals surface area contributed by atoms with E-state index >= 15 is 0 Å². The first-order chi connectivity index (χ1) is 15.8. The number of rotatable bonds is 7. The third kappa shape index (κ3) is 4.39. The summed E-state index contributed by atoms with van der Waals surface area (Å²) in [5, 5.41) is 15.9. The summed E-state index contributed by atoms with van der Waals surface area (Å²) in [4.78, 5) is 51.7. The van der Waals surface area contributed by atoms with Crippen LogP contribution in [0.4, 0.5) is 5.13 Å². The van der Waals surface area contributed by atoms with Crippen LogP contribution >= 0.6 is 23.3 Å². The van der Waals surface area contributed by atoms with Crippen LogP contribution in [0, 0.1) is 5.41 Å².